The van der Waals surface area contributed by atoms with Gasteiger partial charge in [-0.25, -0.2) is 13.1 Å². The lowest BCUT2D eigenvalue weighted by atomic mass is 10.0. The number of carbonyl (C=O) groups is 1. The Bertz CT molecular complexity index is 440. The Morgan fingerprint density at radius 2 is 1.90 bits per heavy atom. The third kappa shape index (κ3) is 6.95. The molecule has 1 atom stereocenters. The molecule has 0 radical (unpaired) electrons. The van der Waals surface area contributed by atoms with Crippen LogP contribution in [-0.2, 0) is 14.8 Å². The Morgan fingerprint density at radius 3 is 2.52 bits per heavy atom. The fourth-order valence-corrected chi connectivity index (χ4v) is 3.09. The number of hydrogen-bond donors (Lipinski definition) is 2. The maximum Gasteiger partial charge on any atom is 0.236 e. The molecular formula is C13H26ClN3O3S. The summed E-state index contributed by atoms with van der Waals surface area (Å²) in [7, 11) is -3.20. The standard InChI is InChI=1S/C13H25N3O3S.ClH/c1-20(18,19)15-9-12-4-2-3-7-16(12)13(17)10-14-8-11-5-6-11;/h11-12,14-15H,2-10H2,1H3;1H. The predicted molar refractivity (Wildman–Crippen MR) is 85.0 cm³/mol. The molecule has 2 fully saturated rings. The second kappa shape index (κ2) is 8.31. The van der Waals surface area contributed by atoms with E-state index in [0.29, 0.717) is 13.1 Å². The molecule has 0 spiro atoms. The lowest BCUT2D eigenvalue weighted by molar-refractivity contribution is -0.133. The third-order valence-electron chi connectivity index (χ3n) is 3.93. The molecule has 0 aromatic rings. The first-order valence-corrected chi connectivity index (χ1v) is 9.29. The molecule has 1 unspecified atom stereocenters. The minimum Gasteiger partial charge on any atom is -0.337 e. The average Bonchev–Trinajstić information content (AvgIpc) is 3.20. The fraction of sp³-hybridized carbons (Fsp3) is 0.923. The number of carbonyl (C=O) groups excluding carboxylic acids is 1. The molecule has 0 aromatic heterocycles. The van der Waals surface area contributed by atoms with Crippen LogP contribution in [-0.4, -0.2) is 57.7 Å². The van der Waals surface area contributed by atoms with Gasteiger partial charge >= 0.3 is 0 Å². The smallest absolute Gasteiger partial charge is 0.236 e. The largest absolute Gasteiger partial charge is 0.337 e. The maximum atomic E-state index is 12.2. The SMILES string of the molecule is CS(=O)(=O)NCC1CCCCN1C(=O)CNCC1CC1.Cl. The van der Waals surface area contributed by atoms with E-state index in [1.54, 1.807) is 0 Å². The van der Waals surface area contributed by atoms with Crippen LogP contribution in [0.25, 0.3) is 0 Å². The Hall–Kier alpha value is -0.370. The van der Waals surface area contributed by atoms with Gasteiger partial charge in [-0.15, -0.1) is 12.4 Å². The van der Waals surface area contributed by atoms with Crippen LogP contribution in [0.1, 0.15) is 32.1 Å². The highest BCUT2D eigenvalue weighted by Crippen LogP contribution is 2.27. The number of piperidine rings is 1. The molecule has 2 aliphatic rings. The van der Waals surface area contributed by atoms with Gasteiger partial charge in [-0.2, -0.15) is 0 Å². The van der Waals surface area contributed by atoms with Gasteiger partial charge in [0.15, 0.2) is 0 Å². The van der Waals surface area contributed by atoms with E-state index in [2.05, 4.69) is 10.0 Å². The van der Waals surface area contributed by atoms with Crippen LogP contribution >= 0.6 is 12.4 Å². The second-order valence-electron chi connectivity index (χ2n) is 5.93. The molecular weight excluding hydrogens is 314 g/mol. The van der Waals surface area contributed by atoms with Crippen molar-refractivity contribution in [2.75, 3.05) is 32.4 Å². The molecule has 8 heteroatoms. The molecule has 1 aliphatic carbocycles. The molecule has 1 heterocycles. The van der Waals surface area contributed by atoms with Crippen molar-refractivity contribution in [2.24, 2.45) is 5.92 Å². The lowest BCUT2D eigenvalue weighted by Crippen LogP contribution is -2.51. The summed E-state index contributed by atoms with van der Waals surface area (Å²) in [4.78, 5) is 14.1. The van der Waals surface area contributed by atoms with Gasteiger partial charge in [0.05, 0.1) is 12.8 Å². The summed E-state index contributed by atoms with van der Waals surface area (Å²) in [5, 5.41) is 3.21. The fourth-order valence-electron chi connectivity index (χ4n) is 2.60. The summed E-state index contributed by atoms with van der Waals surface area (Å²) in [6, 6.07) is -0.00583. The zero-order valence-electron chi connectivity index (χ0n) is 12.5. The van der Waals surface area contributed by atoms with Gasteiger partial charge in [-0.1, -0.05) is 0 Å². The number of rotatable bonds is 7. The van der Waals surface area contributed by atoms with E-state index < -0.39 is 10.0 Å². The highest BCUT2D eigenvalue weighted by atomic mass is 35.5. The van der Waals surface area contributed by atoms with Crippen LogP contribution in [0.4, 0.5) is 0 Å². The zero-order valence-corrected chi connectivity index (χ0v) is 14.1. The molecule has 1 saturated heterocycles. The van der Waals surface area contributed by atoms with E-state index in [-0.39, 0.29) is 24.4 Å². The van der Waals surface area contributed by atoms with Gasteiger partial charge in [0.1, 0.15) is 0 Å². The van der Waals surface area contributed by atoms with E-state index in [4.69, 9.17) is 0 Å². The molecule has 21 heavy (non-hydrogen) atoms. The van der Waals surface area contributed by atoms with Crippen molar-refractivity contribution >= 4 is 28.3 Å². The van der Waals surface area contributed by atoms with E-state index >= 15 is 0 Å². The van der Waals surface area contributed by atoms with Gasteiger partial charge in [-0.3, -0.25) is 4.79 Å². The Kier molecular flexibility index (Phi) is 7.39. The molecule has 6 nitrogen and oxygen atoms in total. The lowest BCUT2D eigenvalue weighted by Gasteiger charge is -2.36. The summed E-state index contributed by atoms with van der Waals surface area (Å²) < 4.78 is 24.9. The van der Waals surface area contributed by atoms with Crippen LogP contribution < -0.4 is 10.0 Å². The minimum atomic E-state index is -3.20. The van der Waals surface area contributed by atoms with Crippen molar-refractivity contribution in [3.05, 3.63) is 0 Å². The first-order chi connectivity index (χ1) is 9.46. The summed E-state index contributed by atoms with van der Waals surface area (Å²) in [6.45, 7) is 2.35. The summed E-state index contributed by atoms with van der Waals surface area (Å²) in [6.07, 6.45) is 6.62. The molecule has 0 bridgehead atoms. The monoisotopic (exact) mass is 339 g/mol. The number of hydrogen-bond acceptors (Lipinski definition) is 4. The maximum absolute atomic E-state index is 12.2. The number of halogens is 1. The topological polar surface area (TPSA) is 78.5 Å². The number of amides is 1. The predicted octanol–water partition coefficient (Wildman–Crippen LogP) is 0.338. The Morgan fingerprint density at radius 1 is 1.19 bits per heavy atom. The second-order valence-corrected chi connectivity index (χ2v) is 7.76. The summed E-state index contributed by atoms with van der Waals surface area (Å²) in [5.74, 6) is 0.845. The summed E-state index contributed by atoms with van der Waals surface area (Å²) >= 11 is 0. The van der Waals surface area contributed by atoms with Crippen molar-refractivity contribution in [3.63, 3.8) is 0 Å². The molecule has 2 N–H and O–H groups in total. The zero-order chi connectivity index (χ0) is 14.6. The van der Waals surface area contributed by atoms with E-state index in [1.165, 1.54) is 12.8 Å². The molecule has 2 rings (SSSR count). The quantitative estimate of drug-likeness (QED) is 0.701. The van der Waals surface area contributed by atoms with Gasteiger partial charge in [0.25, 0.3) is 0 Å². The van der Waals surface area contributed by atoms with Crippen LogP contribution in [0.2, 0.25) is 0 Å². The normalized spacial score (nSPS) is 22.7. The van der Waals surface area contributed by atoms with Crippen LogP contribution in [0.15, 0.2) is 0 Å². The molecule has 1 aliphatic heterocycles. The van der Waals surface area contributed by atoms with Gasteiger partial charge in [-0.05, 0) is 44.6 Å². The van der Waals surface area contributed by atoms with Crippen LogP contribution in [0.3, 0.4) is 0 Å². The van der Waals surface area contributed by atoms with E-state index in [0.717, 1.165) is 44.5 Å². The molecule has 1 saturated carbocycles. The van der Waals surface area contributed by atoms with Crippen molar-refractivity contribution < 1.29 is 13.2 Å². The minimum absolute atomic E-state index is 0. The number of nitrogens with one attached hydrogen (secondary N) is 2. The average molecular weight is 340 g/mol. The first kappa shape index (κ1) is 18.7. The highest BCUT2D eigenvalue weighted by Gasteiger charge is 2.27. The van der Waals surface area contributed by atoms with E-state index in [9.17, 15) is 13.2 Å². The van der Waals surface area contributed by atoms with Crippen LogP contribution in [0, 0.1) is 5.92 Å². The van der Waals surface area contributed by atoms with Crippen molar-refractivity contribution in [1.29, 1.82) is 0 Å². The highest BCUT2D eigenvalue weighted by molar-refractivity contribution is 7.88. The molecule has 124 valence electrons. The number of nitrogens with zero attached hydrogens (tertiary/aromatic N) is 1. The first-order valence-electron chi connectivity index (χ1n) is 7.40. The van der Waals surface area contributed by atoms with E-state index in [1.807, 2.05) is 4.90 Å². The third-order valence-corrected chi connectivity index (χ3v) is 4.63. The van der Waals surface area contributed by atoms with Crippen molar-refractivity contribution in [1.82, 2.24) is 14.9 Å². The number of likely N-dealkylation sites (tertiary alicyclic amines) is 1. The van der Waals surface area contributed by atoms with Crippen molar-refractivity contribution in [2.45, 2.75) is 38.1 Å². The summed E-state index contributed by atoms with van der Waals surface area (Å²) in [5.41, 5.74) is 0. The van der Waals surface area contributed by atoms with Gasteiger partial charge in [0, 0.05) is 19.1 Å². The Balaban J connectivity index is 0.00000220. The van der Waals surface area contributed by atoms with Gasteiger partial charge in [0.2, 0.25) is 15.9 Å². The Labute approximate surface area is 133 Å². The van der Waals surface area contributed by atoms with Gasteiger partial charge < -0.3 is 10.2 Å². The van der Waals surface area contributed by atoms with Crippen LogP contribution in [0.5, 0.6) is 0 Å². The number of sulfonamides is 1. The van der Waals surface area contributed by atoms with Crippen molar-refractivity contribution in [3.8, 4) is 0 Å². The molecule has 0 aromatic carbocycles. The molecule has 1 amide bonds.